The summed E-state index contributed by atoms with van der Waals surface area (Å²) < 4.78 is 12.6. The number of hydrogen-bond acceptors (Lipinski definition) is 5. The lowest BCUT2D eigenvalue weighted by atomic mass is 10.1. The third kappa shape index (κ3) is 6.37. The molecule has 4 aromatic carbocycles. The van der Waals surface area contributed by atoms with Crippen molar-refractivity contribution in [2.24, 2.45) is 4.99 Å². The lowest BCUT2D eigenvalue weighted by Crippen LogP contribution is -2.28. The number of amidine groups is 1. The maximum Gasteiger partial charge on any atom is 0.271 e. The van der Waals surface area contributed by atoms with E-state index in [0.29, 0.717) is 33.2 Å². The second-order valence-corrected chi connectivity index (χ2v) is 11.8. The smallest absolute Gasteiger partial charge is 0.271 e. The first kappa shape index (κ1) is 28.3. The van der Waals surface area contributed by atoms with Crippen molar-refractivity contribution in [1.82, 2.24) is 0 Å². The molecule has 1 heterocycles. The highest BCUT2D eigenvalue weighted by Crippen LogP contribution is 2.40. The minimum absolute atomic E-state index is 0.132. The molecule has 8 heteroatoms. The summed E-state index contributed by atoms with van der Waals surface area (Å²) in [5, 5.41) is 1.25. The van der Waals surface area contributed by atoms with Crippen molar-refractivity contribution in [3.05, 3.63) is 121 Å². The van der Waals surface area contributed by atoms with Crippen LogP contribution in [0.3, 0.4) is 0 Å². The van der Waals surface area contributed by atoms with Gasteiger partial charge in [-0.15, -0.1) is 0 Å². The summed E-state index contributed by atoms with van der Waals surface area (Å²) in [7, 11) is 1.60. The normalized spacial score (nSPS) is 15.2. The lowest BCUT2D eigenvalue weighted by Gasteiger charge is -2.16. The first-order chi connectivity index (χ1) is 19.3. The molecule has 0 radical (unpaired) electrons. The van der Waals surface area contributed by atoms with Crippen LogP contribution in [0.2, 0.25) is 5.02 Å². The predicted octanol–water partition coefficient (Wildman–Crippen LogP) is 8.96. The summed E-state index contributed by atoms with van der Waals surface area (Å²) in [4.78, 5) is 20.8. The molecule has 0 spiro atoms. The molecule has 1 aliphatic heterocycles. The minimum atomic E-state index is -0.132. The van der Waals surface area contributed by atoms with Crippen LogP contribution in [0, 0.1) is 17.4 Å². The molecule has 0 N–H and O–H groups in total. The van der Waals surface area contributed by atoms with Crippen LogP contribution in [-0.4, -0.2) is 18.2 Å². The number of carbonyl (C=O) groups is 1. The number of amides is 1. The number of nitrogens with zero attached hydrogens (tertiary/aromatic N) is 2. The van der Waals surface area contributed by atoms with Crippen LogP contribution < -0.4 is 14.4 Å². The summed E-state index contributed by atoms with van der Waals surface area (Å²) in [6, 6.07) is 27.2. The summed E-state index contributed by atoms with van der Waals surface area (Å²) in [6.07, 6.45) is 1.87. The van der Waals surface area contributed by atoms with Crippen LogP contribution in [0.1, 0.15) is 22.3 Å². The quantitative estimate of drug-likeness (QED) is 0.145. The molecule has 5 rings (SSSR count). The minimum Gasteiger partial charge on any atom is -0.493 e. The molecular formula is C32H26ClIN2O3S. The molecule has 202 valence electrons. The number of aryl methyl sites for hydroxylation is 2. The van der Waals surface area contributed by atoms with Crippen LogP contribution in [0.15, 0.2) is 94.8 Å². The Kier molecular flexibility index (Phi) is 8.83. The van der Waals surface area contributed by atoms with Gasteiger partial charge in [-0.05, 0) is 102 Å². The average Bonchev–Trinajstić information content (AvgIpc) is 3.24. The fourth-order valence-corrected chi connectivity index (χ4v) is 6.05. The molecule has 0 bridgehead atoms. The van der Waals surface area contributed by atoms with Gasteiger partial charge in [0.05, 0.1) is 27.0 Å². The van der Waals surface area contributed by atoms with Gasteiger partial charge >= 0.3 is 0 Å². The molecule has 0 atom stereocenters. The van der Waals surface area contributed by atoms with Crippen molar-refractivity contribution in [2.45, 2.75) is 20.5 Å². The van der Waals surface area contributed by atoms with Crippen molar-refractivity contribution in [2.75, 3.05) is 12.0 Å². The molecule has 0 unspecified atom stereocenters. The number of thioether (sulfide) groups is 1. The van der Waals surface area contributed by atoms with E-state index in [0.717, 1.165) is 37.2 Å². The average molecular weight is 681 g/mol. The Bertz CT molecular complexity index is 1620. The van der Waals surface area contributed by atoms with E-state index in [1.807, 2.05) is 105 Å². The first-order valence-electron chi connectivity index (χ1n) is 12.5. The summed E-state index contributed by atoms with van der Waals surface area (Å²) in [5.74, 6) is 1.07. The molecule has 1 saturated heterocycles. The number of ether oxygens (including phenoxy) is 2. The van der Waals surface area contributed by atoms with Gasteiger partial charge in [-0.2, -0.15) is 0 Å². The zero-order valence-electron chi connectivity index (χ0n) is 22.2. The van der Waals surface area contributed by atoms with E-state index in [1.54, 1.807) is 12.0 Å². The summed E-state index contributed by atoms with van der Waals surface area (Å²) >= 11 is 9.88. The van der Waals surface area contributed by atoms with E-state index in [2.05, 4.69) is 22.6 Å². The zero-order chi connectivity index (χ0) is 28.2. The highest BCUT2D eigenvalue weighted by atomic mass is 127. The van der Waals surface area contributed by atoms with E-state index in [9.17, 15) is 4.79 Å². The van der Waals surface area contributed by atoms with Gasteiger partial charge in [-0.1, -0.05) is 65.2 Å². The molecule has 40 heavy (non-hydrogen) atoms. The molecule has 1 fully saturated rings. The predicted molar refractivity (Wildman–Crippen MR) is 174 cm³/mol. The summed E-state index contributed by atoms with van der Waals surface area (Å²) in [5.41, 5.74) is 5.54. The third-order valence-electron chi connectivity index (χ3n) is 6.24. The highest BCUT2D eigenvalue weighted by Gasteiger charge is 2.35. The number of halogens is 2. The molecule has 1 amide bonds. The molecular weight excluding hydrogens is 655 g/mol. The maximum absolute atomic E-state index is 13.7. The van der Waals surface area contributed by atoms with E-state index in [4.69, 9.17) is 26.1 Å². The SMILES string of the molecule is COc1cc(/C=C2\SC(=Nc3ccc(C)cc3)N(c3ccc(C)cc3)C2=O)cc(I)c1OCc1ccccc1Cl. The largest absolute Gasteiger partial charge is 0.493 e. The number of aliphatic imine (C=N–C) groups is 1. The van der Waals surface area contributed by atoms with Gasteiger partial charge < -0.3 is 9.47 Å². The van der Waals surface area contributed by atoms with E-state index in [1.165, 1.54) is 11.8 Å². The van der Waals surface area contributed by atoms with Crippen molar-refractivity contribution in [1.29, 1.82) is 0 Å². The van der Waals surface area contributed by atoms with Crippen LogP contribution in [0.25, 0.3) is 6.08 Å². The topological polar surface area (TPSA) is 51.1 Å². The Morgan fingerprint density at radius 3 is 2.33 bits per heavy atom. The molecule has 0 aliphatic carbocycles. The second-order valence-electron chi connectivity index (χ2n) is 9.23. The van der Waals surface area contributed by atoms with Gasteiger partial charge in [0.1, 0.15) is 6.61 Å². The number of benzene rings is 4. The number of hydrogen-bond donors (Lipinski definition) is 0. The monoisotopic (exact) mass is 680 g/mol. The Labute approximate surface area is 257 Å². The fraction of sp³-hybridized carbons (Fsp3) is 0.125. The summed E-state index contributed by atoms with van der Waals surface area (Å²) in [6.45, 7) is 4.37. The van der Waals surface area contributed by atoms with Gasteiger partial charge in [0, 0.05) is 10.6 Å². The maximum atomic E-state index is 13.7. The first-order valence-corrected chi connectivity index (χ1v) is 14.8. The lowest BCUT2D eigenvalue weighted by molar-refractivity contribution is -0.113. The van der Waals surface area contributed by atoms with Crippen molar-refractivity contribution in [3.8, 4) is 11.5 Å². The van der Waals surface area contributed by atoms with Crippen molar-refractivity contribution < 1.29 is 14.3 Å². The Hall–Kier alpha value is -3.27. The Morgan fingerprint density at radius 2 is 1.65 bits per heavy atom. The number of carbonyl (C=O) groups excluding carboxylic acids is 1. The van der Waals surface area contributed by atoms with Crippen LogP contribution >= 0.6 is 46.0 Å². The highest BCUT2D eigenvalue weighted by molar-refractivity contribution is 14.1. The standard InChI is InChI=1S/C32H26ClIN2O3S/c1-20-8-12-24(13-9-20)35-32-36(25-14-10-21(2)11-15-25)31(37)29(40-32)18-22-16-27(34)30(28(17-22)38-3)39-19-23-6-4-5-7-26(23)33/h4-18H,19H2,1-3H3/b29-18-,35-32?. The van der Waals surface area contributed by atoms with Gasteiger partial charge in [0.2, 0.25) is 0 Å². The molecule has 4 aromatic rings. The van der Waals surface area contributed by atoms with E-state index >= 15 is 0 Å². The van der Waals surface area contributed by atoms with Crippen molar-refractivity contribution >= 4 is 74.5 Å². The van der Waals surface area contributed by atoms with Crippen LogP contribution in [0.4, 0.5) is 11.4 Å². The fourth-order valence-electron chi connectivity index (χ4n) is 4.08. The number of rotatable bonds is 7. The van der Waals surface area contributed by atoms with Gasteiger partial charge in [-0.3, -0.25) is 9.69 Å². The van der Waals surface area contributed by atoms with Crippen LogP contribution in [-0.2, 0) is 11.4 Å². The molecule has 0 aromatic heterocycles. The zero-order valence-corrected chi connectivity index (χ0v) is 25.9. The Balaban J connectivity index is 1.48. The number of methoxy groups -OCH3 is 1. The van der Waals surface area contributed by atoms with E-state index in [-0.39, 0.29) is 5.91 Å². The number of anilines is 1. The van der Waals surface area contributed by atoms with Gasteiger partial charge in [0.25, 0.3) is 5.91 Å². The molecule has 1 aliphatic rings. The van der Waals surface area contributed by atoms with E-state index < -0.39 is 0 Å². The third-order valence-corrected chi connectivity index (χ3v) is 8.38. The molecule has 0 saturated carbocycles. The second kappa shape index (κ2) is 12.5. The molecule has 5 nitrogen and oxygen atoms in total. The van der Waals surface area contributed by atoms with Gasteiger partial charge in [0.15, 0.2) is 16.7 Å². The van der Waals surface area contributed by atoms with Crippen molar-refractivity contribution in [3.63, 3.8) is 0 Å². The Morgan fingerprint density at radius 1 is 0.975 bits per heavy atom. The van der Waals surface area contributed by atoms with Gasteiger partial charge in [-0.25, -0.2) is 4.99 Å². The van der Waals surface area contributed by atoms with Crippen LogP contribution in [0.5, 0.6) is 11.5 Å².